The number of hydrogen-bond acceptors (Lipinski definition) is 3. The number of hydrogen-bond donors (Lipinski definition) is 2. The number of aromatic nitrogens is 3. The molecule has 0 aliphatic carbocycles. The van der Waals surface area contributed by atoms with Gasteiger partial charge < -0.3 is 5.32 Å². The van der Waals surface area contributed by atoms with Gasteiger partial charge in [0.2, 0.25) is 5.91 Å². The molecular weight excluding hydrogens is 380 g/mol. The quantitative estimate of drug-likeness (QED) is 0.582. The smallest absolute Gasteiger partial charge is 0.222 e. The van der Waals surface area contributed by atoms with E-state index in [1.165, 1.54) is 0 Å². The highest BCUT2D eigenvalue weighted by Crippen LogP contribution is 2.22. The molecule has 3 rings (SSSR count). The molecule has 2 N–H and O–H groups in total. The van der Waals surface area contributed by atoms with Crippen molar-refractivity contribution in [2.24, 2.45) is 0 Å². The van der Waals surface area contributed by atoms with E-state index in [0.717, 1.165) is 22.5 Å². The maximum atomic E-state index is 12.4. The summed E-state index contributed by atoms with van der Waals surface area (Å²) in [5.74, 6) is 0.663. The van der Waals surface area contributed by atoms with Crippen LogP contribution in [0.15, 0.2) is 48.5 Å². The van der Waals surface area contributed by atoms with E-state index >= 15 is 0 Å². The van der Waals surface area contributed by atoms with Gasteiger partial charge >= 0.3 is 0 Å². The predicted octanol–water partition coefficient (Wildman–Crippen LogP) is 4.84. The van der Waals surface area contributed by atoms with Crippen LogP contribution in [0.4, 0.5) is 0 Å². The van der Waals surface area contributed by atoms with Crippen molar-refractivity contribution < 1.29 is 4.79 Å². The normalized spacial score (nSPS) is 12.0. The van der Waals surface area contributed by atoms with E-state index in [0.29, 0.717) is 22.8 Å². The topological polar surface area (TPSA) is 62.7 Å². The molecule has 0 aliphatic rings. The molecule has 7 heteroatoms. The van der Waals surface area contributed by atoms with Crippen LogP contribution in [-0.2, 0) is 11.3 Å². The first-order chi connectivity index (χ1) is 13.0. The number of aryl methyl sites for hydroxylation is 1. The zero-order chi connectivity index (χ0) is 19.4. The molecule has 0 spiro atoms. The minimum absolute atomic E-state index is 0.0688. The number of halogens is 1. The van der Waals surface area contributed by atoms with E-state index in [1.807, 2.05) is 66.9 Å². The molecule has 1 aromatic heterocycles. The SMILES string of the molecule is Cc1cccc(-c2n[nH]c(=S)n2CCC(=O)NC(C)c2ccccc2Cl)c1. The number of nitrogens with zero attached hydrogens (tertiary/aromatic N) is 2. The van der Waals surface area contributed by atoms with Gasteiger partial charge in [0.1, 0.15) is 0 Å². The van der Waals surface area contributed by atoms with Crippen LogP contribution in [0.1, 0.15) is 30.5 Å². The second-order valence-electron chi connectivity index (χ2n) is 6.43. The Morgan fingerprint density at radius 2 is 2.07 bits per heavy atom. The maximum absolute atomic E-state index is 12.4. The van der Waals surface area contributed by atoms with Crippen molar-refractivity contribution in [3.05, 3.63) is 69.5 Å². The molecule has 1 atom stereocenters. The fraction of sp³-hybridized carbons (Fsp3) is 0.250. The summed E-state index contributed by atoms with van der Waals surface area (Å²) in [4.78, 5) is 12.4. The minimum atomic E-state index is -0.167. The van der Waals surface area contributed by atoms with Crippen LogP contribution in [-0.4, -0.2) is 20.7 Å². The lowest BCUT2D eigenvalue weighted by Gasteiger charge is -2.16. The Bertz CT molecular complexity index is 1010. The lowest BCUT2D eigenvalue weighted by atomic mass is 10.1. The van der Waals surface area contributed by atoms with Gasteiger partial charge in [-0.05, 0) is 43.8 Å². The highest BCUT2D eigenvalue weighted by Gasteiger charge is 2.14. The van der Waals surface area contributed by atoms with Crippen molar-refractivity contribution in [3.63, 3.8) is 0 Å². The van der Waals surface area contributed by atoms with Gasteiger partial charge in [0.25, 0.3) is 0 Å². The number of amides is 1. The Kier molecular flexibility index (Phi) is 6.08. The van der Waals surface area contributed by atoms with Crippen LogP contribution in [0.25, 0.3) is 11.4 Å². The number of carbonyl (C=O) groups is 1. The summed E-state index contributed by atoms with van der Waals surface area (Å²) in [6, 6.07) is 15.4. The molecule has 0 fully saturated rings. The maximum Gasteiger partial charge on any atom is 0.222 e. The molecule has 2 aromatic carbocycles. The largest absolute Gasteiger partial charge is 0.349 e. The lowest BCUT2D eigenvalue weighted by Crippen LogP contribution is -2.27. The first-order valence-corrected chi connectivity index (χ1v) is 9.50. The molecule has 27 heavy (non-hydrogen) atoms. The van der Waals surface area contributed by atoms with Gasteiger partial charge in [0.05, 0.1) is 6.04 Å². The summed E-state index contributed by atoms with van der Waals surface area (Å²) in [6.07, 6.45) is 0.293. The second kappa shape index (κ2) is 8.50. The van der Waals surface area contributed by atoms with Gasteiger partial charge in [-0.3, -0.25) is 14.5 Å². The van der Waals surface area contributed by atoms with Gasteiger partial charge in [0, 0.05) is 23.6 Å². The first kappa shape index (κ1) is 19.3. The minimum Gasteiger partial charge on any atom is -0.349 e. The van der Waals surface area contributed by atoms with Gasteiger partial charge in [-0.25, -0.2) is 0 Å². The Morgan fingerprint density at radius 3 is 2.81 bits per heavy atom. The number of aromatic amines is 1. The fourth-order valence-corrected chi connectivity index (χ4v) is 3.48. The zero-order valence-electron chi connectivity index (χ0n) is 15.2. The summed E-state index contributed by atoms with van der Waals surface area (Å²) >= 11 is 11.5. The Balaban J connectivity index is 1.69. The first-order valence-electron chi connectivity index (χ1n) is 8.71. The Labute approximate surface area is 168 Å². The van der Waals surface area contributed by atoms with Crippen molar-refractivity contribution in [2.45, 2.75) is 32.9 Å². The highest BCUT2D eigenvalue weighted by atomic mass is 35.5. The predicted molar refractivity (Wildman–Crippen MR) is 110 cm³/mol. The molecule has 0 radical (unpaired) electrons. The van der Waals surface area contributed by atoms with Crippen LogP contribution < -0.4 is 5.32 Å². The van der Waals surface area contributed by atoms with Gasteiger partial charge in [0.15, 0.2) is 10.6 Å². The molecule has 1 amide bonds. The van der Waals surface area contributed by atoms with Crippen LogP contribution in [0.3, 0.4) is 0 Å². The molecule has 5 nitrogen and oxygen atoms in total. The van der Waals surface area contributed by atoms with Gasteiger partial charge in [-0.2, -0.15) is 5.10 Å². The standard InChI is InChI=1S/C20H21ClN4OS/c1-13-6-5-7-15(12-13)19-23-24-20(27)25(19)11-10-18(26)22-14(2)16-8-3-4-9-17(16)21/h3-9,12,14H,10-11H2,1-2H3,(H,22,26)(H,24,27). The summed E-state index contributed by atoms with van der Waals surface area (Å²) < 4.78 is 2.35. The molecule has 3 aromatic rings. The van der Waals surface area contributed by atoms with E-state index in [-0.39, 0.29) is 11.9 Å². The van der Waals surface area contributed by atoms with E-state index in [9.17, 15) is 4.79 Å². The van der Waals surface area contributed by atoms with Crippen molar-refractivity contribution in [1.29, 1.82) is 0 Å². The Hall–Kier alpha value is -2.44. The molecule has 1 heterocycles. The number of H-pyrrole nitrogens is 1. The summed E-state index contributed by atoms with van der Waals surface area (Å²) in [5, 5.41) is 10.8. The molecular formula is C20H21ClN4OS. The van der Waals surface area contributed by atoms with E-state index < -0.39 is 0 Å². The van der Waals surface area contributed by atoms with Crippen LogP contribution >= 0.6 is 23.8 Å². The number of carbonyl (C=O) groups excluding carboxylic acids is 1. The molecule has 0 bridgehead atoms. The third kappa shape index (κ3) is 4.64. The summed E-state index contributed by atoms with van der Waals surface area (Å²) in [7, 11) is 0. The molecule has 0 saturated carbocycles. The number of benzene rings is 2. The molecule has 1 unspecified atom stereocenters. The molecule has 140 valence electrons. The molecule has 0 saturated heterocycles. The average molecular weight is 401 g/mol. The summed E-state index contributed by atoms with van der Waals surface area (Å²) in [6.45, 7) is 4.39. The monoisotopic (exact) mass is 400 g/mol. The third-order valence-electron chi connectivity index (χ3n) is 4.35. The third-order valence-corrected chi connectivity index (χ3v) is 5.00. The van der Waals surface area contributed by atoms with Crippen LogP contribution in [0, 0.1) is 11.7 Å². The van der Waals surface area contributed by atoms with Gasteiger partial charge in [-0.1, -0.05) is 53.6 Å². The number of rotatable bonds is 6. The average Bonchev–Trinajstić information content (AvgIpc) is 3.01. The second-order valence-corrected chi connectivity index (χ2v) is 7.23. The fourth-order valence-electron chi connectivity index (χ4n) is 2.96. The Morgan fingerprint density at radius 1 is 1.30 bits per heavy atom. The van der Waals surface area contributed by atoms with Crippen LogP contribution in [0.2, 0.25) is 5.02 Å². The lowest BCUT2D eigenvalue weighted by molar-refractivity contribution is -0.121. The molecule has 0 aliphatic heterocycles. The van der Waals surface area contributed by atoms with E-state index in [4.69, 9.17) is 23.8 Å². The van der Waals surface area contributed by atoms with Crippen molar-refractivity contribution >= 4 is 29.7 Å². The summed E-state index contributed by atoms with van der Waals surface area (Å²) in [5.41, 5.74) is 3.00. The van der Waals surface area contributed by atoms with Crippen molar-refractivity contribution in [1.82, 2.24) is 20.1 Å². The van der Waals surface area contributed by atoms with Crippen molar-refractivity contribution in [2.75, 3.05) is 0 Å². The van der Waals surface area contributed by atoms with Crippen molar-refractivity contribution in [3.8, 4) is 11.4 Å². The van der Waals surface area contributed by atoms with E-state index in [2.05, 4.69) is 15.5 Å². The van der Waals surface area contributed by atoms with E-state index in [1.54, 1.807) is 0 Å². The van der Waals surface area contributed by atoms with Gasteiger partial charge in [-0.15, -0.1) is 0 Å². The number of nitrogens with one attached hydrogen (secondary N) is 2. The van der Waals surface area contributed by atoms with Crippen LogP contribution in [0.5, 0.6) is 0 Å². The zero-order valence-corrected chi connectivity index (χ0v) is 16.8. The highest BCUT2D eigenvalue weighted by molar-refractivity contribution is 7.71.